The molecule has 0 spiro atoms. The summed E-state index contributed by atoms with van der Waals surface area (Å²) in [5.41, 5.74) is 6.24. The van der Waals surface area contributed by atoms with E-state index in [0.29, 0.717) is 37.3 Å². The fraction of sp³-hybridized carbons (Fsp3) is 0.650. The van der Waals surface area contributed by atoms with Gasteiger partial charge < -0.3 is 36.5 Å². The summed E-state index contributed by atoms with van der Waals surface area (Å²) in [6.45, 7) is 1.69. The molecule has 184 valence electrons. The summed E-state index contributed by atoms with van der Waals surface area (Å²) in [5, 5.41) is 24.2. The molecular weight excluding hydrogens is 452 g/mol. The van der Waals surface area contributed by atoms with Gasteiger partial charge in [0.15, 0.2) is 0 Å². The molecule has 1 aliphatic heterocycles. The van der Waals surface area contributed by atoms with E-state index < -0.39 is 54.0 Å². The van der Waals surface area contributed by atoms with Crippen molar-refractivity contribution >= 4 is 35.5 Å². The number of carbonyl (C=O) groups is 4. The van der Waals surface area contributed by atoms with Crippen molar-refractivity contribution in [2.75, 3.05) is 18.6 Å². The van der Waals surface area contributed by atoms with Gasteiger partial charge in [0.1, 0.15) is 24.2 Å². The van der Waals surface area contributed by atoms with Crippen molar-refractivity contribution in [1.29, 1.82) is 0 Å². The number of likely N-dealkylation sites (tertiary alicyclic amines) is 1. The Bertz CT molecular complexity index is 820. The maximum absolute atomic E-state index is 13.3. The average molecular weight is 485 g/mol. The van der Waals surface area contributed by atoms with Crippen molar-refractivity contribution in [3.63, 3.8) is 0 Å². The van der Waals surface area contributed by atoms with Gasteiger partial charge in [-0.2, -0.15) is 11.8 Å². The van der Waals surface area contributed by atoms with Gasteiger partial charge >= 0.3 is 5.97 Å². The van der Waals surface area contributed by atoms with Crippen molar-refractivity contribution < 1.29 is 29.4 Å². The molecule has 0 bridgehead atoms. The number of aliphatic hydroxyl groups is 1. The van der Waals surface area contributed by atoms with Gasteiger partial charge in [-0.25, -0.2) is 9.78 Å². The summed E-state index contributed by atoms with van der Waals surface area (Å²) in [6.07, 6.45) is 4.96. The third-order valence-corrected chi connectivity index (χ3v) is 6.12. The first-order chi connectivity index (χ1) is 15.6. The molecule has 3 amide bonds. The number of thioether (sulfide) groups is 1. The van der Waals surface area contributed by atoms with Crippen LogP contribution in [0.15, 0.2) is 12.5 Å². The maximum atomic E-state index is 13.3. The van der Waals surface area contributed by atoms with Crippen LogP contribution in [0, 0.1) is 0 Å². The molecule has 0 aliphatic carbocycles. The highest BCUT2D eigenvalue weighted by molar-refractivity contribution is 7.98. The predicted octanol–water partition coefficient (Wildman–Crippen LogP) is -1.54. The summed E-state index contributed by atoms with van der Waals surface area (Å²) in [4.78, 5) is 58.2. The predicted molar refractivity (Wildman–Crippen MR) is 121 cm³/mol. The molecule has 1 fully saturated rings. The van der Waals surface area contributed by atoms with Gasteiger partial charge in [0.25, 0.3) is 0 Å². The highest BCUT2D eigenvalue weighted by atomic mass is 32.2. The van der Waals surface area contributed by atoms with E-state index in [9.17, 15) is 29.4 Å². The second kappa shape index (κ2) is 12.6. The Morgan fingerprint density at radius 3 is 2.64 bits per heavy atom. The molecule has 5 atom stereocenters. The van der Waals surface area contributed by atoms with Crippen LogP contribution in [0.2, 0.25) is 0 Å². The second-order valence-corrected chi connectivity index (χ2v) is 8.96. The zero-order valence-electron chi connectivity index (χ0n) is 18.7. The fourth-order valence-corrected chi connectivity index (χ4v) is 4.04. The molecule has 1 aliphatic rings. The third kappa shape index (κ3) is 7.44. The highest BCUT2D eigenvalue weighted by Gasteiger charge is 2.39. The van der Waals surface area contributed by atoms with Crippen molar-refractivity contribution in [3.05, 3.63) is 18.2 Å². The van der Waals surface area contributed by atoms with Crippen LogP contribution in [0.1, 0.15) is 31.9 Å². The molecule has 0 saturated carbocycles. The Morgan fingerprint density at radius 1 is 1.33 bits per heavy atom. The lowest BCUT2D eigenvalue weighted by atomic mass is 10.1. The van der Waals surface area contributed by atoms with Crippen molar-refractivity contribution in [2.45, 2.75) is 62.9 Å². The zero-order chi connectivity index (χ0) is 24.5. The number of rotatable bonds is 12. The first-order valence-electron chi connectivity index (χ1n) is 10.7. The van der Waals surface area contributed by atoms with Gasteiger partial charge in [0.2, 0.25) is 17.7 Å². The van der Waals surface area contributed by atoms with Gasteiger partial charge in [0.05, 0.1) is 12.4 Å². The van der Waals surface area contributed by atoms with Crippen molar-refractivity contribution in [2.24, 2.45) is 5.73 Å². The van der Waals surface area contributed by atoms with Crippen LogP contribution in [-0.4, -0.2) is 97.6 Å². The van der Waals surface area contributed by atoms with Crippen molar-refractivity contribution in [1.82, 2.24) is 25.5 Å². The molecule has 33 heavy (non-hydrogen) atoms. The SMILES string of the molecule is CSCCC(NC(=O)C(N)C(C)O)C(=O)N1CCCC1C(=O)NC(Cc1cnc[nH]1)C(=O)O. The summed E-state index contributed by atoms with van der Waals surface area (Å²) < 4.78 is 0. The van der Waals surface area contributed by atoms with E-state index in [-0.39, 0.29) is 6.42 Å². The summed E-state index contributed by atoms with van der Waals surface area (Å²) >= 11 is 1.50. The minimum Gasteiger partial charge on any atom is -0.480 e. The number of aromatic nitrogens is 2. The molecular formula is C20H32N6O6S. The molecule has 12 nitrogen and oxygen atoms in total. The van der Waals surface area contributed by atoms with E-state index >= 15 is 0 Å². The molecule has 1 saturated heterocycles. The first-order valence-corrected chi connectivity index (χ1v) is 12.1. The molecule has 0 aromatic carbocycles. The number of carboxylic acid groups (broad SMARTS) is 1. The van der Waals surface area contributed by atoms with Gasteiger partial charge in [0, 0.05) is 24.9 Å². The fourth-order valence-electron chi connectivity index (χ4n) is 3.57. The minimum absolute atomic E-state index is 0.0192. The number of hydrogen-bond acceptors (Lipinski definition) is 8. The number of carbonyl (C=O) groups excluding carboxylic acids is 3. The lowest BCUT2D eigenvalue weighted by Crippen LogP contribution is -2.58. The number of hydrogen-bond donors (Lipinski definition) is 6. The number of aliphatic carboxylic acids is 1. The molecule has 0 radical (unpaired) electrons. The molecule has 2 heterocycles. The van der Waals surface area contributed by atoms with Crippen LogP contribution in [0.25, 0.3) is 0 Å². The molecule has 7 N–H and O–H groups in total. The van der Waals surface area contributed by atoms with Gasteiger partial charge in [-0.05, 0) is 38.2 Å². The number of carboxylic acids is 1. The number of amides is 3. The summed E-state index contributed by atoms with van der Waals surface area (Å²) in [6, 6.07) is -4.14. The Balaban J connectivity index is 2.10. The number of H-pyrrole nitrogens is 1. The molecule has 1 aromatic heterocycles. The van der Waals surface area contributed by atoms with Gasteiger partial charge in [-0.1, -0.05) is 0 Å². The average Bonchev–Trinajstić information content (AvgIpc) is 3.46. The van der Waals surface area contributed by atoms with Crippen LogP contribution in [0.3, 0.4) is 0 Å². The van der Waals surface area contributed by atoms with Crippen LogP contribution in [0.4, 0.5) is 0 Å². The summed E-state index contributed by atoms with van der Waals surface area (Å²) in [5.74, 6) is -2.28. The van der Waals surface area contributed by atoms with E-state index in [1.165, 1.54) is 36.1 Å². The molecule has 5 unspecified atom stereocenters. The third-order valence-electron chi connectivity index (χ3n) is 5.48. The topological polar surface area (TPSA) is 191 Å². The molecule has 13 heteroatoms. The summed E-state index contributed by atoms with van der Waals surface area (Å²) in [7, 11) is 0. The van der Waals surface area contributed by atoms with Crippen LogP contribution in [0.5, 0.6) is 0 Å². The Labute approximate surface area is 196 Å². The highest BCUT2D eigenvalue weighted by Crippen LogP contribution is 2.20. The maximum Gasteiger partial charge on any atom is 0.326 e. The Hall–Kier alpha value is -2.64. The number of imidazole rings is 1. The molecule has 1 aromatic rings. The van der Waals surface area contributed by atoms with Crippen molar-refractivity contribution in [3.8, 4) is 0 Å². The first kappa shape index (κ1) is 26.6. The minimum atomic E-state index is -1.20. The van der Waals surface area contributed by atoms with E-state index in [4.69, 9.17) is 5.73 Å². The Morgan fingerprint density at radius 2 is 2.06 bits per heavy atom. The number of nitrogens with two attached hydrogens (primary N) is 1. The van der Waals surface area contributed by atoms with Gasteiger partial charge in [-0.3, -0.25) is 14.4 Å². The normalized spacial score (nSPS) is 19.4. The van der Waals surface area contributed by atoms with Crippen LogP contribution in [-0.2, 0) is 25.6 Å². The van der Waals surface area contributed by atoms with E-state index in [0.717, 1.165) is 0 Å². The number of nitrogens with one attached hydrogen (secondary N) is 3. The standard InChI is InChI=1S/C20H32N6O6S/c1-11(27)16(21)18(29)24-13(5-7-33-2)19(30)26-6-3-4-15(26)17(28)25-14(20(31)32)8-12-9-22-10-23-12/h9-11,13-16,27H,3-8,21H2,1-2H3,(H,22,23)(H,24,29)(H,25,28)(H,31,32). The number of aromatic amines is 1. The van der Waals surface area contributed by atoms with E-state index in [1.54, 1.807) is 0 Å². The van der Waals surface area contributed by atoms with E-state index in [2.05, 4.69) is 20.6 Å². The number of aliphatic hydroxyl groups excluding tert-OH is 1. The zero-order valence-corrected chi connectivity index (χ0v) is 19.5. The lowest BCUT2D eigenvalue weighted by molar-refractivity contribution is -0.145. The number of nitrogens with zero attached hydrogens (tertiary/aromatic N) is 2. The smallest absolute Gasteiger partial charge is 0.326 e. The largest absolute Gasteiger partial charge is 0.480 e. The Kier molecular flexibility index (Phi) is 10.1. The second-order valence-electron chi connectivity index (χ2n) is 7.98. The lowest BCUT2D eigenvalue weighted by Gasteiger charge is -2.30. The van der Waals surface area contributed by atoms with Crippen LogP contribution < -0.4 is 16.4 Å². The monoisotopic (exact) mass is 484 g/mol. The van der Waals surface area contributed by atoms with Crippen LogP contribution >= 0.6 is 11.8 Å². The quantitative estimate of drug-likeness (QED) is 0.204. The van der Waals surface area contributed by atoms with E-state index in [1.807, 2.05) is 6.26 Å². The molecule has 2 rings (SSSR count). The van der Waals surface area contributed by atoms with Gasteiger partial charge in [-0.15, -0.1) is 0 Å².